The number of hydrogen-bond acceptors (Lipinski definition) is 0. The van der Waals surface area contributed by atoms with E-state index in [9.17, 15) is 0 Å². The zero-order chi connectivity index (χ0) is 12.9. The van der Waals surface area contributed by atoms with Gasteiger partial charge in [-0.25, -0.2) is 0 Å². The first-order valence-corrected chi connectivity index (χ1v) is 6.48. The van der Waals surface area contributed by atoms with Gasteiger partial charge in [0.25, 0.3) is 0 Å². The molecule has 0 aliphatic rings. The molecule has 0 heterocycles. The Hall–Kier alpha value is -1.82. The zero-order valence-electron chi connectivity index (χ0n) is 11.5. The Morgan fingerprint density at radius 2 is 1.33 bits per heavy atom. The molecule has 0 amide bonds. The first-order chi connectivity index (χ1) is 8.58. The topological polar surface area (TPSA) is 0 Å². The number of hydrogen-bond donors (Lipinski definition) is 0. The van der Waals surface area contributed by atoms with Crippen molar-refractivity contribution in [3.8, 4) is 0 Å². The summed E-state index contributed by atoms with van der Waals surface area (Å²) in [6, 6.07) is 13.5. The quantitative estimate of drug-likeness (QED) is 0.467. The van der Waals surface area contributed by atoms with E-state index in [0.717, 1.165) is 0 Å². The first kappa shape index (κ1) is 11.3. The minimum Gasteiger partial charge on any atom is -0.0587 e. The van der Waals surface area contributed by atoms with Gasteiger partial charge in [-0.05, 0) is 65.9 Å². The molecule has 0 radical (unpaired) electrons. The summed E-state index contributed by atoms with van der Waals surface area (Å²) in [6.45, 7) is 8.80. The van der Waals surface area contributed by atoms with Gasteiger partial charge in [0.1, 0.15) is 0 Å². The predicted molar refractivity (Wildman–Crippen MR) is 80.4 cm³/mol. The third-order valence-corrected chi connectivity index (χ3v) is 4.14. The highest BCUT2D eigenvalue weighted by atomic mass is 14.1. The van der Waals surface area contributed by atoms with Gasteiger partial charge in [-0.2, -0.15) is 0 Å². The van der Waals surface area contributed by atoms with Gasteiger partial charge in [-0.1, -0.05) is 42.0 Å². The maximum Gasteiger partial charge on any atom is -0.00998 e. The molecule has 3 aromatic carbocycles. The van der Waals surface area contributed by atoms with Crippen molar-refractivity contribution < 1.29 is 0 Å². The first-order valence-electron chi connectivity index (χ1n) is 6.48. The van der Waals surface area contributed by atoms with Crippen molar-refractivity contribution >= 4 is 21.5 Å². The van der Waals surface area contributed by atoms with Crippen LogP contribution in [0.2, 0.25) is 0 Å². The Morgan fingerprint density at radius 3 is 2.11 bits per heavy atom. The summed E-state index contributed by atoms with van der Waals surface area (Å²) in [5, 5.41) is 5.47. The van der Waals surface area contributed by atoms with Crippen LogP contribution in [0.15, 0.2) is 36.4 Å². The lowest BCUT2D eigenvalue weighted by Crippen LogP contribution is -1.90. The van der Waals surface area contributed by atoms with Crippen LogP contribution in [0.4, 0.5) is 0 Å². The van der Waals surface area contributed by atoms with Crippen molar-refractivity contribution in [2.45, 2.75) is 27.7 Å². The molecule has 18 heavy (non-hydrogen) atoms. The van der Waals surface area contributed by atoms with Crippen LogP contribution in [0.5, 0.6) is 0 Å². The average molecular weight is 234 g/mol. The Morgan fingerprint density at radius 1 is 0.611 bits per heavy atom. The van der Waals surface area contributed by atoms with Crippen molar-refractivity contribution in [1.82, 2.24) is 0 Å². The Bertz CT molecular complexity index is 764. The highest BCUT2D eigenvalue weighted by molar-refractivity contribution is 6.09. The molecule has 0 saturated carbocycles. The van der Waals surface area contributed by atoms with Crippen molar-refractivity contribution in [1.29, 1.82) is 0 Å². The molecule has 0 spiro atoms. The number of aryl methyl sites for hydroxylation is 3. The summed E-state index contributed by atoms with van der Waals surface area (Å²) in [4.78, 5) is 0. The van der Waals surface area contributed by atoms with Gasteiger partial charge in [0.05, 0.1) is 0 Å². The van der Waals surface area contributed by atoms with Crippen LogP contribution >= 0.6 is 0 Å². The molecule has 0 saturated heterocycles. The lowest BCUT2D eigenvalue weighted by molar-refractivity contribution is 1.30. The van der Waals surface area contributed by atoms with Crippen LogP contribution in [-0.4, -0.2) is 0 Å². The van der Waals surface area contributed by atoms with Gasteiger partial charge in [-0.15, -0.1) is 0 Å². The maximum absolute atomic E-state index is 2.33. The SMILES string of the molecule is Cc1ccc2ccc3c(C)c(C)c(C)cc3c2c1. The summed E-state index contributed by atoms with van der Waals surface area (Å²) in [6.07, 6.45) is 0. The molecule has 0 aliphatic carbocycles. The summed E-state index contributed by atoms with van der Waals surface area (Å²) in [5.74, 6) is 0. The molecule has 3 aromatic rings. The second kappa shape index (κ2) is 3.84. The third kappa shape index (κ3) is 1.53. The van der Waals surface area contributed by atoms with Crippen molar-refractivity contribution in [2.24, 2.45) is 0 Å². The molecule has 3 rings (SSSR count). The van der Waals surface area contributed by atoms with E-state index in [2.05, 4.69) is 64.1 Å². The smallest absolute Gasteiger partial charge is 0.00998 e. The van der Waals surface area contributed by atoms with Crippen LogP contribution in [0.25, 0.3) is 21.5 Å². The second-order valence-corrected chi connectivity index (χ2v) is 5.33. The minimum atomic E-state index is 1.32. The van der Waals surface area contributed by atoms with Crippen molar-refractivity contribution in [3.05, 3.63) is 58.7 Å². The van der Waals surface area contributed by atoms with Crippen molar-refractivity contribution in [3.63, 3.8) is 0 Å². The number of rotatable bonds is 0. The van der Waals surface area contributed by atoms with Crippen LogP contribution < -0.4 is 0 Å². The van der Waals surface area contributed by atoms with Gasteiger partial charge in [0.2, 0.25) is 0 Å². The molecule has 0 aliphatic heterocycles. The Labute approximate surface area is 108 Å². The highest BCUT2D eigenvalue weighted by Gasteiger charge is 2.07. The lowest BCUT2D eigenvalue weighted by atomic mass is 9.92. The Kier molecular flexibility index (Phi) is 2.41. The molecule has 0 aromatic heterocycles. The summed E-state index contributed by atoms with van der Waals surface area (Å²) < 4.78 is 0. The van der Waals surface area contributed by atoms with Crippen LogP contribution in [0.3, 0.4) is 0 Å². The molecule has 0 atom stereocenters. The largest absolute Gasteiger partial charge is 0.0587 e. The monoisotopic (exact) mass is 234 g/mol. The molecule has 0 nitrogen and oxygen atoms in total. The fourth-order valence-electron chi connectivity index (χ4n) is 2.76. The average Bonchev–Trinajstić information content (AvgIpc) is 2.36. The molecule has 0 heteroatoms. The number of benzene rings is 3. The van der Waals surface area contributed by atoms with Gasteiger partial charge >= 0.3 is 0 Å². The van der Waals surface area contributed by atoms with E-state index in [1.807, 2.05) is 0 Å². The van der Waals surface area contributed by atoms with Crippen LogP contribution in [0.1, 0.15) is 22.3 Å². The van der Waals surface area contributed by atoms with E-state index in [0.29, 0.717) is 0 Å². The maximum atomic E-state index is 2.33. The molecule has 0 N–H and O–H groups in total. The lowest BCUT2D eigenvalue weighted by Gasteiger charge is -2.12. The molecular formula is C18H18. The standard InChI is InChI=1S/C18H18/c1-11-5-6-15-7-8-16-14(4)13(3)12(2)10-18(16)17(15)9-11/h5-10H,1-4H3. The fraction of sp³-hybridized carbons (Fsp3) is 0.222. The van der Waals surface area contributed by atoms with E-state index in [-0.39, 0.29) is 0 Å². The van der Waals surface area contributed by atoms with Gasteiger partial charge < -0.3 is 0 Å². The summed E-state index contributed by atoms with van der Waals surface area (Å²) >= 11 is 0. The summed E-state index contributed by atoms with van der Waals surface area (Å²) in [7, 11) is 0. The second-order valence-electron chi connectivity index (χ2n) is 5.33. The minimum absolute atomic E-state index is 1.32. The van der Waals surface area contributed by atoms with E-state index in [4.69, 9.17) is 0 Å². The number of fused-ring (bicyclic) bond motifs is 3. The fourth-order valence-corrected chi connectivity index (χ4v) is 2.76. The van der Waals surface area contributed by atoms with Gasteiger partial charge in [-0.3, -0.25) is 0 Å². The molecule has 0 fully saturated rings. The van der Waals surface area contributed by atoms with Gasteiger partial charge in [0.15, 0.2) is 0 Å². The summed E-state index contributed by atoms with van der Waals surface area (Å²) in [5.41, 5.74) is 5.53. The van der Waals surface area contributed by atoms with E-state index in [1.165, 1.54) is 43.8 Å². The van der Waals surface area contributed by atoms with Crippen LogP contribution in [0, 0.1) is 27.7 Å². The molecular weight excluding hydrogens is 216 g/mol. The Balaban J connectivity index is 2.58. The molecule has 90 valence electrons. The van der Waals surface area contributed by atoms with Gasteiger partial charge in [0, 0.05) is 0 Å². The van der Waals surface area contributed by atoms with E-state index < -0.39 is 0 Å². The molecule has 0 bridgehead atoms. The van der Waals surface area contributed by atoms with E-state index in [1.54, 1.807) is 0 Å². The third-order valence-electron chi connectivity index (χ3n) is 4.14. The van der Waals surface area contributed by atoms with E-state index >= 15 is 0 Å². The zero-order valence-corrected chi connectivity index (χ0v) is 11.5. The van der Waals surface area contributed by atoms with Crippen LogP contribution in [-0.2, 0) is 0 Å². The van der Waals surface area contributed by atoms with Crippen molar-refractivity contribution in [2.75, 3.05) is 0 Å². The molecule has 0 unspecified atom stereocenters. The highest BCUT2D eigenvalue weighted by Crippen LogP contribution is 2.31. The predicted octanol–water partition coefficient (Wildman–Crippen LogP) is 5.23. The normalized spacial score (nSPS) is 11.3.